The van der Waals surface area contributed by atoms with Crippen LogP contribution in [-0.4, -0.2) is 15.4 Å². The normalized spacial score (nSPS) is 10.7. The van der Waals surface area contributed by atoms with E-state index >= 15 is 0 Å². The third kappa shape index (κ3) is 2.55. The van der Waals surface area contributed by atoms with Gasteiger partial charge in [0.15, 0.2) is 0 Å². The number of nitrogens with one attached hydrogen (secondary N) is 1. The fraction of sp³-hybridized carbons (Fsp3) is 0.143. The molecule has 0 fully saturated rings. The molecule has 0 aliphatic heterocycles. The lowest BCUT2D eigenvalue weighted by molar-refractivity contribution is -0.107. The molecule has 0 aliphatic rings. The molecule has 0 spiro atoms. The van der Waals surface area contributed by atoms with E-state index in [2.05, 4.69) is 10.2 Å². The van der Waals surface area contributed by atoms with Crippen molar-refractivity contribution < 1.29 is 4.79 Å². The molecule has 1 rings (SSSR count). The lowest BCUT2D eigenvalue weighted by atomic mass is 10.3. The van der Waals surface area contributed by atoms with Gasteiger partial charge in [0.05, 0.1) is 5.69 Å². The summed E-state index contributed by atoms with van der Waals surface area (Å²) in [6.07, 6.45) is 2.82. The van der Waals surface area contributed by atoms with E-state index in [1.807, 2.05) is 13.0 Å². The van der Waals surface area contributed by atoms with Crippen molar-refractivity contribution in [2.75, 3.05) is 0 Å². The Bertz CT molecular complexity index is 290. The summed E-state index contributed by atoms with van der Waals surface area (Å²) in [5, 5.41) is 6.11. The number of halogens is 1. The number of nitrogens with zero attached hydrogens (tertiary/aromatic N) is 1. The van der Waals surface area contributed by atoms with Crippen LogP contribution in [0.15, 0.2) is 12.1 Å². The van der Waals surface area contributed by atoms with E-state index in [1.54, 1.807) is 6.08 Å². The van der Waals surface area contributed by atoms with Gasteiger partial charge in [0.25, 0.3) is 0 Å². The van der Waals surface area contributed by atoms with Gasteiger partial charge in [-0.3, -0.25) is 9.89 Å². The summed E-state index contributed by atoms with van der Waals surface area (Å²) in [5.74, 6) is 0. The molecule has 0 atom stereocenters. The SMILES string of the molecule is Cc1cc(C=CC(=O)Cl)n[nH]1. The van der Waals surface area contributed by atoms with E-state index in [4.69, 9.17) is 11.6 Å². The van der Waals surface area contributed by atoms with E-state index in [9.17, 15) is 4.79 Å². The average Bonchev–Trinajstić information content (AvgIpc) is 2.31. The Labute approximate surface area is 69.1 Å². The number of hydrogen-bond acceptors (Lipinski definition) is 2. The van der Waals surface area contributed by atoms with Crippen LogP contribution in [-0.2, 0) is 4.79 Å². The molecule has 4 heteroatoms. The predicted octanol–water partition coefficient (Wildman–Crippen LogP) is 1.50. The van der Waals surface area contributed by atoms with Gasteiger partial charge in [0, 0.05) is 5.69 Å². The Kier molecular flexibility index (Phi) is 2.44. The van der Waals surface area contributed by atoms with Crippen LogP contribution >= 0.6 is 11.6 Å². The number of aromatic amines is 1. The van der Waals surface area contributed by atoms with Crippen LogP contribution in [0.4, 0.5) is 0 Å². The van der Waals surface area contributed by atoms with Crippen molar-refractivity contribution >= 4 is 22.9 Å². The van der Waals surface area contributed by atoms with Crippen LogP contribution in [0.5, 0.6) is 0 Å². The van der Waals surface area contributed by atoms with E-state index in [0.717, 1.165) is 5.69 Å². The van der Waals surface area contributed by atoms with Crippen molar-refractivity contribution in [2.24, 2.45) is 0 Å². The van der Waals surface area contributed by atoms with Crippen molar-refractivity contribution in [2.45, 2.75) is 6.92 Å². The van der Waals surface area contributed by atoms with Gasteiger partial charge in [-0.2, -0.15) is 5.10 Å². The molecule has 1 N–H and O–H groups in total. The molecule has 0 bridgehead atoms. The molecule has 0 unspecified atom stereocenters. The molecule has 0 aliphatic carbocycles. The van der Waals surface area contributed by atoms with E-state index in [1.165, 1.54) is 6.08 Å². The zero-order valence-electron chi connectivity index (χ0n) is 5.97. The molecule has 1 aromatic rings. The summed E-state index contributed by atoms with van der Waals surface area (Å²) < 4.78 is 0. The highest BCUT2D eigenvalue weighted by Crippen LogP contribution is 2.00. The summed E-state index contributed by atoms with van der Waals surface area (Å²) in [7, 11) is 0. The standard InChI is InChI=1S/C7H7ClN2O/c1-5-4-6(10-9-5)2-3-7(8)11/h2-4H,1H3,(H,9,10). The highest BCUT2D eigenvalue weighted by atomic mass is 35.5. The maximum Gasteiger partial charge on any atom is 0.245 e. The molecule has 0 saturated carbocycles. The second-order valence-corrected chi connectivity index (χ2v) is 2.49. The number of aryl methyl sites for hydroxylation is 1. The Morgan fingerprint density at radius 2 is 2.55 bits per heavy atom. The minimum Gasteiger partial charge on any atom is -0.282 e. The summed E-state index contributed by atoms with van der Waals surface area (Å²) in [6.45, 7) is 1.88. The minimum absolute atomic E-state index is 0.495. The van der Waals surface area contributed by atoms with Crippen molar-refractivity contribution in [1.29, 1.82) is 0 Å². The molecular formula is C7H7ClN2O. The molecule has 3 nitrogen and oxygen atoms in total. The summed E-state index contributed by atoms with van der Waals surface area (Å²) in [6, 6.07) is 1.82. The predicted molar refractivity (Wildman–Crippen MR) is 43.2 cm³/mol. The second-order valence-electron chi connectivity index (χ2n) is 2.11. The van der Waals surface area contributed by atoms with Gasteiger partial charge in [-0.25, -0.2) is 0 Å². The number of carbonyl (C=O) groups is 1. The van der Waals surface area contributed by atoms with E-state index in [0.29, 0.717) is 5.69 Å². The van der Waals surface area contributed by atoms with Crippen molar-refractivity contribution in [1.82, 2.24) is 10.2 Å². The van der Waals surface area contributed by atoms with Gasteiger partial charge < -0.3 is 0 Å². The fourth-order valence-electron chi connectivity index (χ4n) is 0.675. The largest absolute Gasteiger partial charge is 0.282 e. The molecular weight excluding hydrogens is 164 g/mol. The highest BCUT2D eigenvalue weighted by molar-refractivity contribution is 6.66. The first kappa shape index (κ1) is 8.01. The Morgan fingerprint density at radius 1 is 1.82 bits per heavy atom. The van der Waals surface area contributed by atoms with Crippen LogP contribution in [0.2, 0.25) is 0 Å². The molecule has 0 radical (unpaired) electrons. The topological polar surface area (TPSA) is 45.8 Å². The molecule has 0 aromatic carbocycles. The molecule has 0 saturated heterocycles. The van der Waals surface area contributed by atoms with Crippen molar-refractivity contribution in [3.05, 3.63) is 23.5 Å². The van der Waals surface area contributed by atoms with Gasteiger partial charge in [0.1, 0.15) is 0 Å². The van der Waals surface area contributed by atoms with Crippen LogP contribution < -0.4 is 0 Å². The number of rotatable bonds is 2. The lowest BCUT2D eigenvalue weighted by Gasteiger charge is -1.76. The number of allylic oxidation sites excluding steroid dienone is 1. The summed E-state index contributed by atoms with van der Waals surface area (Å²) in [5.41, 5.74) is 1.66. The number of H-pyrrole nitrogens is 1. The third-order valence-corrected chi connectivity index (χ3v) is 1.24. The van der Waals surface area contributed by atoms with E-state index < -0.39 is 5.24 Å². The van der Waals surface area contributed by atoms with E-state index in [-0.39, 0.29) is 0 Å². The quantitative estimate of drug-likeness (QED) is 0.540. The van der Waals surface area contributed by atoms with Gasteiger partial charge in [0.2, 0.25) is 5.24 Å². The third-order valence-electron chi connectivity index (χ3n) is 1.11. The zero-order valence-corrected chi connectivity index (χ0v) is 6.72. The Hall–Kier alpha value is -1.09. The van der Waals surface area contributed by atoms with Crippen molar-refractivity contribution in [3.8, 4) is 0 Å². The first-order valence-electron chi connectivity index (χ1n) is 3.08. The number of hydrogen-bond donors (Lipinski definition) is 1. The summed E-state index contributed by atoms with van der Waals surface area (Å²) in [4.78, 5) is 10.3. The minimum atomic E-state index is -0.495. The second kappa shape index (κ2) is 3.34. The molecule has 0 amide bonds. The molecule has 58 valence electrons. The zero-order chi connectivity index (χ0) is 8.27. The smallest absolute Gasteiger partial charge is 0.245 e. The Balaban J connectivity index is 2.71. The molecule has 1 heterocycles. The van der Waals surface area contributed by atoms with Gasteiger partial charge >= 0.3 is 0 Å². The van der Waals surface area contributed by atoms with Crippen LogP contribution in [0.1, 0.15) is 11.4 Å². The van der Waals surface area contributed by atoms with Gasteiger partial charge in [-0.15, -0.1) is 0 Å². The molecule has 1 aromatic heterocycles. The average molecular weight is 171 g/mol. The first-order chi connectivity index (χ1) is 5.18. The Morgan fingerprint density at radius 3 is 3.00 bits per heavy atom. The maximum atomic E-state index is 10.3. The van der Waals surface area contributed by atoms with Gasteiger partial charge in [-0.05, 0) is 36.7 Å². The summed E-state index contributed by atoms with van der Waals surface area (Å²) >= 11 is 5.07. The lowest BCUT2D eigenvalue weighted by Crippen LogP contribution is -1.76. The number of aromatic nitrogens is 2. The van der Waals surface area contributed by atoms with Crippen LogP contribution in [0, 0.1) is 6.92 Å². The van der Waals surface area contributed by atoms with Crippen LogP contribution in [0.25, 0.3) is 6.08 Å². The maximum absolute atomic E-state index is 10.3. The first-order valence-corrected chi connectivity index (χ1v) is 3.46. The highest BCUT2D eigenvalue weighted by Gasteiger charge is 1.92. The van der Waals surface area contributed by atoms with Gasteiger partial charge in [-0.1, -0.05) is 0 Å². The fourth-order valence-corrected chi connectivity index (χ4v) is 0.738. The number of carbonyl (C=O) groups excluding carboxylic acids is 1. The molecule has 11 heavy (non-hydrogen) atoms. The van der Waals surface area contributed by atoms with Crippen molar-refractivity contribution in [3.63, 3.8) is 0 Å². The van der Waals surface area contributed by atoms with Crippen LogP contribution in [0.3, 0.4) is 0 Å². The monoisotopic (exact) mass is 170 g/mol.